The molecule has 0 spiro atoms. The minimum absolute atomic E-state index is 0.100. The van der Waals surface area contributed by atoms with Gasteiger partial charge >= 0.3 is 0 Å². The molecule has 0 saturated carbocycles. The van der Waals surface area contributed by atoms with Gasteiger partial charge in [-0.2, -0.15) is 9.40 Å². The van der Waals surface area contributed by atoms with E-state index in [1.807, 2.05) is 0 Å². The van der Waals surface area contributed by atoms with E-state index in [9.17, 15) is 8.42 Å². The number of ether oxygens (including phenoxy) is 1. The molecule has 9 heteroatoms. The lowest BCUT2D eigenvalue weighted by Crippen LogP contribution is -2.41. The zero-order valence-electron chi connectivity index (χ0n) is 13.3. The molecule has 1 unspecified atom stereocenters. The van der Waals surface area contributed by atoms with Crippen molar-refractivity contribution in [2.24, 2.45) is 13.0 Å². The van der Waals surface area contributed by atoms with Gasteiger partial charge in [0.1, 0.15) is 9.92 Å². The van der Waals surface area contributed by atoms with Gasteiger partial charge in [-0.05, 0) is 25.0 Å². The van der Waals surface area contributed by atoms with Crippen LogP contribution in [0.4, 0.5) is 0 Å². The molecule has 2 aromatic rings. The van der Waals surface area contributed by atoms with Crippen LogP contribution in [0, 0.1) is 5.92 Å². The van der Waals surface area contributed by atoms with Crippen molar-refractivity contribution >= 4 is 21.6 Å². The molecule has 7 nitrogen and oxygen atoms in total. The molecule has 1 saturated heterocycles. The van der Waals surface area contributed by atoms with Crippen LogP contribution in [-0.4, -0.2) is 47.2 Å². The van der Waals surface area contributed by atoms with E-state index in [0.29, 0.717) is 30.6 Å². The van der Waals surface area contributed by atoms with Gasteiger partial charge < -0.3 is 4.74 Å². The fraction of sp³-hybridized carbons (Fsp3) is 0.467. The number of piperidine rings is 1. The maximum atomic E-state index is 12.7. The Labute approximate surface area is 146 Å². The average Bonchev–Trinajstić information content (AvgIpc) is 3.02. The molecule has 0 radical (unpaired) electrons. The molecule has 1 atom stereocenters. The van der Waals surface area contributed by atoms with Crippen molar-refractivity contribution in [2.75, 3.05) is 19.7 Å². The fourth-order valence-electron chi connectivity index (χ4n) is 2.74. The van der Waals surface area contributed by atoms with Crippen molar-refractivity contribution in [2.45, 2.75) is 17.7 Å². The second kappa shape index (κ2) is 7.08. The predicted molar refractivity (Wildman–Crippen MR) is 89.4 cm³/mol. The summed E-state index contributed by atoms with van der Waals surface area (Å²) in [4.78, 5) is 4.31. The monoisotopic (exact) mass is 370 g/mol. The Bertz CT molecular complexity index is 809. The Kier molecular flexibility index (Phi) is 5.07. The molecule has 24 heavy (non-hydrogen) atoms. The first-order chi connectivity index (χ1) is 11.5. The highest BCUT2D eigenvalue weighted by Crippen LogP contribution is 2.25. The van der Waals surface area contributed by atoms with Crippen LogP contribution < -0.4 is 4.74 Å². The van der Waals surface area contributed by atoms with E-state index in [1.54, 1.807) is 25.4 Å². The van der Waals surface area contributed by atoms with Crippen LogP contribution >= 0.6 is 11.6 Å². The summed E-state index contributed by atoms with van der Waals surface area (Å²) in [6, 6.07) is 3.45. The molecule has 1 aliphatic heterocycles. The molecule has 1 aliphatic rings. The molecule has 0 aliphatic carbocycles. The number of halogens is 1. The molecular weight excluding hydrogens is 352 g/mol. The van der Waals surface area contributed by atoms with E-state index >= 15 is 0 Å². The highest BCUT2D eigenvalue weighted by Gasteiger charge is 2.31. The molecule has 0 N–H and O–H groups in total. The topological polar surface area (TPSA) is 77.3 Å². The highest BCUT2D eigenvalue weighted by molar-refractivity contribution is 7.89. The van der Waals surface area contributed by atoms with Crippen LogP contribution in [0.1, 0.15) is 12.8 Å². The maximum Gasteiger partial charge on any atom is 0.246 e. The summed E-state index contributed by atoms with van der Waals surface area (Å²) in [7, 11) is -1.82. The van der Waals surface area contributed by atoms with Crippen molar-refractivity contribution in [3.8, 4) is 5.88 Å². The standard InChI is InChI=1S/C15H19ClN4O3S/c1-19-10-13(8-18-19)24(21,22)20-7-3-4-12(9-20)11-23-15-14(16)5-2-6-17-15/h2,5-6,8,10,12H,3-4,7,9,11H2,1H3. The van der Waals surface area contributed by atoms with Crippen molar-refractivity contribution in [1.29, 1.82) is 0 Å². The van der Waals surface area contributed by atoms with Gasteiger partial charge in [0.15, 0.2) is 0 Å². The first-order valence-corrected chi connectivity index (χ1v) is 9.51. The molecule has 130 valence electrons. The zero-order chi connectivity index (χ0) is 17.2. The molecule has 0 amide bonds. The minimum Gasteiger partial charge on any atom is -0.476 e. The number of rotatable bonds is 5. The smallest absolute Gasteiger partial charge is 0.246 e. The molecule has 0 bridgehead atoms. The normalized spacial score (nSPS) is 19.3. The van der Waals surface area contributed by atoms with E-state index in [-0.39, 0.29) is 10.8 Å². The molecule has 3 heterocycles. The summed E-state index contributed by atoms with van der Waals surface area (Å²) >= 11 is 6.02. The second-order valence-electron chi connectivity index (χ2n) is 5.82. The van der Waals surface area contributed by atoms with Gasteiger partial charge in [0.05, 0.1) is 12.8 Å². The van der Waals surface area contributed by atoms with Crippen LogP contribution in [0.5, 0.6) is 5.88 Å². The predicted octanol–water partition coefficient (Wildman–Crippen LogP) is 1.95. The fourth-order valence-corrected chi connectivity index (χ4v) is 4.45. The van der Waals surface area contributed by atoms with Gasteiger partial charge in [0, 0.05) is 38.4 Å². The zero-order valence-corrected chi connectivity index (χ0v) is 14.9. The van der Waals surface area contributed by atoms with Crippen LogP contribution in [0.2, 0.25) is 5.02 Å². The number of nitrogens with zero attached hydrogens (tertiary/aromatic N) is 4. The number of aromatic nitrogens is 3. The Morgan fingerprint density at radius 2 is 2.29 bits per heavy atom. The number of hydrogen-bond acceptors (Lipinski definition) is 5. The van der Waals surface area contributed by atoms with Gasteiger partial charge in [-0.15, -0.1) is 0 Å². The van der Waals surface area contributed by atoms with Crippen molar-refractivity contribution in [3.05, 3.63) is 35.7 Å². The van der Waals surface area contributed by atoms with E-state index < -0.39 is 10.0 Å². The average molecular weight is 371 g/mol. The Hall–Kier alpha value is -1.64. The van der Waals surface area contributed by atoms with E-state index in [1.165, 1.54) is 21.4 Å². The largest absolute Gasteiger partial charge is 0.476 e. The third kappa shape index (κ3) is 3.71. The summed E-state index contributed by atoms with van der Waals surface area (Å²) in [6.45, 7) is 1.32. The van der Waals surface area contributed by atoms with E-state index in [2.05, 4.69) is 10.1 Å². The minimum atomic E-state index is -3.51. The summed E-state index contributed by atoms with van der Waals surface area (Å²) in [6.07, 6.45) is 6.21. The van der Waals surface area contributed by atoms with Gasteiger partial charge in [-0.3, -0.25) is 4.68 Å². The Morgan fingerprint density at radius 1 is 1.46 bits per heavy atom. The maximum absolute atomic E-state index is 12.7. The van der Waals surface area contributed by atoms with Crippen LogP contribution in [0.3, 0.4) is 0 Å². The Morgan fingerprint density at radius 3 is 3.00 bits per heavy atom. The molecular formula is C15H19ClN4O3S. The molecule has 2 aromatic heterocycles. The lowest BCUT2D eigenvalue weighted by atomic mass is 10.0. The number of pyridine rings is 1. The number of sulfonamides is 1. The van der Waals surface area contributed by atoms with Gasteiger partial charge in [0.2, 0.25) is 15.9 Å². The molecule has 3 rings (SSSR count). The quantitative estimate of drug-likeness (QED) is 0.803. The summed E-state index contributed by atoms with van der Waals surface area (Å²) < 4.78 is 34.0. The first-order valence-electron chi connectivity index (χ1n) is 7.69. The lowest BCUT2D eigenvalue weighted by molar-refractivity contribution is 0.176. The lowest BCUT2D eigenvalue weighted by Gasteiger charge is -2.31. The second-order valence-corrected chi connectivity index (χ2v) is 8.17. The third-order valence-corrected chi connectivity index (χ3v) is 6.09. The van der Waals surface area contributed by atoms with Crippen LogP contribution in [-0.2, 0) is 17.1 Å². The van der Waals surface area contributed by atoms with Gasteiger partial charge in [0.25, 0.3) is 0 Å². The van der Waals surface area contributed by atoms with Gasteiger partial charge in [-0.25, -0.2) is 13.4 Å². The van der Waals surface area contributed by atoms with E-state index in [4.69, 9.17) is 16.3 Å². The molecule has 1 fully saturated rings. The Balaban J connectivity index is 1.65. The third-order valence-electron chi connectivity index (χ3n) is 3.98. The van der Waals surface area contributed by atoms with Crippen LogP contribution in [0.25, 0.3) is 0 Å². The summed E-state index contributed by atoms with van der Waals surface area (Å²) in [5.74, 6) is 0.481. The van der Waals surface area contributed by atoms with Crippen molar-refractivity contribution in [3.63, 3.8) is 0 Å². The summed E-state index contributed by atoms with van der Waals surface area (Å²) in [5.41, 5.74) is 0. The first kappa shape index (κ1) is 17.2. The van der Waals surface area contributed by atoms with Crippen molar-refractivity contribution in [1.82, 2.24) is 19.1 Å². The number of aryl methyl sites for hydroxylation is 1. The SMILES string of the molecule is Cn1cc(S(=O)(=O)N2CCCC(COc3ncccc3Cl)C2)cn1. The number of hydrogen-bond donors (Lipinski definition) is 0. The van der Waals surface area contributed by atoms with Crippen molar-refractivity contribution < 1.29 is 13.2 Å². The highest BCUT2D eigenvalue weighted by atomic mass is 35.5. The van der Waals surface area contributed by atoms with Crippen LogP contribution in [0.15, 0.2) is 35.6 Å². The summed E-state index contributed by atoms with van der Waals surface area (Å²) in [5, 5.41) is 4.40. The molecule has 0 aromatic carbocycles. The van der Waals surface area contributed by atoms with E-state index in [0.717, 1.165) is 12.8 Å². The van der Waals surface area contributed by atoms with Gasteiger partial charge in [-0.1, -0.05) is 11.6 Å².